The average molecular weight is 164 g/mol. The number of nitriles is 1. The van der Waals surface area contributed by atoms with E-state index in [-0.39, 0.29) is 6.04 Å². The first-order chi connectivity index (χ1) is 5.03. The highest BCUT2D eigenvalue weighted by molar-refractivity contribution is 4.92. The second-order valence-corrected chi connectivity index (χ2v) is 2.57. The van der Waals surface area contributed by atoms with Crippen molar-refractivity contribution in [3.8, 4) is 6.19 Å². The summed E-state index contributed by atoms with van der Waals surface area (Å²) in [4.78, 5) is 0.792. The summed E-state index contributed by atoms with van der Waals surface area (Å²) in [6.45, 7) is -1.10. The Morgan fingerprint density at radius 2 is 2.00 bits per heavy atom. The molecular formula is C6H7F3N2. The fraction of sp³-hybridized carbons (Fsp3) is 0.833. The molecule has 0 atom stereocenters. The Hall–Kier alpha value is -0.920. The van der Waals surface area contributed by atoms with E-state index >= 15 is 0 Å². The molecule has 0 heterocycles. The van der Waals surface area contributed by atoms with E-state index in [2.05, 4.69) is 0 Å². The topological polar surface area (TPSA) is 27.0 Å². The van der Waals surface area contributed by atoms with E-state index in [1.807, 2.05) is 0 Å². The van der Waals surface area contributed by atoms with Crippen LogP contribution in [-0.2, 0) is 0 Å². The first-order valence-corrected chi connectivity index (χ1v) is 3.26. The van der Waals surface area contributed by atoms with Crippen LogP contribution in [0, 0.1) is 11.5 Å². The molecule has 1 fully saturated rings. The minimum Gasteiger partial charge on any atom is -0.298 e. The van der Waals surface area contributed by atoms with E-state index in [9.17, 15) is 13.2 Å². The molecule has 0 aromatic heterocycles. The third-order valence-corrected chi connectivity index (χ3v) is 1.47. The van der Waals surface area contributed by atoms with Gasteiger partial charge in [-0.15, -0.1) is 0 Å². The lowest BCUT2D eigenvalue weighted by atomic mass is 10.5. The summed E-state index contributed by atoms with van der Waals surface area (Å²) < 4.78 is 35.1. The molecule has 1 aliphatic carbocycles. The molecule has 0 unspecified atom stereocenters. The second-order valence-electron chi connectivity index (χ2n) is 2.57. The predicted octanol–water partition coefficient (Wildman–Crippen LogP) is 1.49. The Morgan fingerprint density at radius 3 is 2.27 bits per heavy atom. The lowest BCUT2D eigenvalue weighted by Gasteiger charge is -2.15. The van der Waals surface area contributed by atoms with Crippen molar-refractivity contribution in [3.63, 3.8) is 0 Å². The Bertz CT molecular complexity index is 177. The molecule has 0 N–H and O–H groups in total. The van der Waals surface area contributed by atoms with Gasteiger partial charge in [-0.3, -0.25) is 4.90 Å². The molecule has 0 aromatic rings. The lowest BCUT2D eigenvalue weighted by Crippen LogP contribution is -2.32. The number of hydrogen-bond acceptors (Lipinski definition) is 2. The number of alkyl halides is 3. The van der Waals surface area contributed by atoms with Gasteiger partial charge in [-0.1, -0.05) is 0 Å². The van der Waals surface area contributed by atoms with Gasteiger partial charge in [-0.2, -0.15) is 18.4 Å². The maximum Gasteiger partial charge on any atom is 0.406 e. The lowest BCUT2D eigenvalue weighted by molar-refractivity contribution is -0.140. The van der Waals surface area contributed by atoms with E-state index in [0.29, 0.717) is 12.8 Å². The van der Waals surface area contributed by atoms with Crippen LogP contribution >= 0.6 is 0 Å². The predicted molar refractivity (Wildman–Crippen MR) is 31.4 cm³/mol. The molecule has 0 aliphatic heterocycles. The number of rotatable bonds is 2. The van der Waals surface area contributed by atoms with Gasteiger partial charge in [0.25, 0.3) is 0 Å². The molecule has 0 spiro atoms. The summed E-state index contributed by atoms with van der Waals surface area (Å²) in [6, 6.07) is -0.151. The van der Waals surface area contributed by atoms with Crippen molar-refractivity contribution in [2.24, 2.45) is 0 Å². The van der Waals surface area contributed by atoms with Crippen molar-refractivity contribution in [3.05, 3.63) is 0 Å². The fourth-order valence-electron chi connectivity index (χ4n) is 0.825. The summed E-state index contributed by atoms with van der Waals surface area (Å²) in [7, 11) is 0. The maximum atomic E-state index is 11.7. The average Bonchev–Trinajstić information content (AvgIpc) is 2.61. The van der Waals surface area contributed by atoms with Gasteiger partial charge in [0.15, 0.2) is 6.19 Å². The van der Waals surface area contributed by atoms with Gasteiger partial charge < -0.3 is 0 Å². The molecule has 1 rings (SSSR count). The highest BCUT2D eigenvalue weighted by atomic mass is 19.4. The third-order valence-electron chi connectivity index (χ3n) is 1.47. The van der Waals surface area contributed by atoms with Crippen LogP contribution in [0.1, 0.15) is 12.8 Å². The normalized spacial score (nSPS) is 17.6. The van der Waals surface area contributed by atoms with Crippen LogP contribution in [0.3, 0.4) is 0 Å². The van der Waals surface area contributed by atoms with E-state index in [1.54, 1.807) is 0 Å². The molecule has 62 valence electrons. The summed E-state index contributed by atoms with van der Waals surface area (Å²) in [5.41, 5.74) is 0. The molecule has 11 heavy (non-hydrogen) atoms. The first-order valence-electron chi connectivity index (χ1n) is 3.26. The standard InChI is InChI=1S/C6H7F3N2/c7-6(8,9)3-11(4-10)5-1-2-5/h5H,1-3H2. The molecule has 2 nitrogen and oxygen atoms in total. The Balaban J connectivity index is 2.39. The molecular weight excluding hydrogens is 157 g/mol. The van der Waals surface area contributed by atoms with E-state index < -0.39 is 12.7 Å². The first kappa shape index (κ1) is 8.18. The van der Waals surface area contributed by atoms with Crippen LogP contribution in [0.25, 0.3) is 0 Å². The van der Waals surface area contributed by atoms with Crippen molar-refractivity contribution >= 4 is 0 Å². The Morgan fingerprint density at radius 1 is 1.45 bits per heavy atom. The number of nitrogens with zero attached hydrogens (tertiary/aromatic N) is 2. The van der Waals surface area contributed by atoms with Gasteiger partial charge in [-0.05, 0) is 12.8 Å². The molecule has 0 aromatic carbocycles. The molecule has 1 saturated carbocycles. The second kappa shape index (κ2) is 2.61. The van der Waals surface area contributed by atoms with Gasteiger partial charge in [0.05, 0.1) is 0 Å². The highest BCUT2D eigenvalue weighted by Gasteiger charge is 2.37. The van der Waals surface area contributed by atoms with Crippen molar-refractivity contribution in [1.29, 1.82) is 5.26 Å². The molecule has 0 amide bonds. The van der Waals surface area contributed by atoms with Crippen molar-refractivity contribution < 1.29 is 13.2 Å². The summed E-state index contributed by atoms with van der Waals surface area (Å²) in [5.74, 6) is 0. The van der Waals surface area contributed by atoms with Gasteiger partial charge in [0.1, 0.15) is 6.54 Å². The molecule has 1 aliphatic rings. The van der Waals surface area contributed by atoms with Crippen LogP contribution in [0.4, 0.5) is 13.2 Å². The van der Waals surface area contributed by atoms with Gasteiger partial charge in [-0.25, -0.2) is 0 Å². The molecule has 5 heteroatoms. The van der Waals surface area contributed by atoms with E-state index in [0.717, 1.165) is 4.90 Å². The molecule has 0 bridgehead atoms. The minimum atomic E-state index is -4.25. The van der Waals surface area contributed by atoms with E-state index in [1.165, 1.54) is 6.19 Å². The zero-order valence-corrected chi connectivity index (χ0v) is 5.73. The number of hydrogen-bond donors (Lipinski definition) is 0. The SMILES string of the molecule is N#CN(CC(F)(F)F)C1CC1. The molecule has 0 saturated heterocycles. The smallest absolute Gasteiger partial charge is 0.298 e. The summed E-state index contributed by atoms with van der Waals surface area (Å²) in [5, 5.41) is 8.28. The largest absolute Gasteiger partial charge is 0.406 e. The monoisotopic (exact) mass is 164 g/mol. The fourth-order valence-corrected chi connectivity index (χ4v) is 0.825. The van der Waals surface area contributed by atoms with Crippen LogP contribution in [0.2, 0.25) is 0 Å². The van der Waals surface area contributed by atoms with Crippen molar-refractivity contribution in [2.75, 3.05) is 6.54 Å². The van der Waals surface area contributed by atoms with E-state index in [4.69, 9.17) is 5.26 Å². The van der Waals surface area contributed by atoms with Crippen molar-refractivity contribution in [1.82, 2.24) is 4.90 Å². The zero-order valence-electron chi connectivity index (χ0n) is 5.73. The van der Waals surface area contributed by atoms with Crippen LogP contribution in [0.15, 0.2) is 0 Å². The molecule has 0 radical (unpaired) electrons. The van der Waals surface area contributed by atoms with Gasteiger partial charge >= 0.3 is 6.18 Å². The minimum absolute atomic E-state index is 0.151. The van der Waals surface area contributed by atoms with Gasteiger partial charge in [0, 0.05) is 6.04 Å². The highest BCUT2D eigenvalue weighted by Crippen LogP contribution is 2.29. The maximum absolute atomic E-state index is 11.7. The van der Waals surface area contributed by atoms with Gasteiger partial charge in [0.2, 0.25) is 0 Å². The Labute approximate surface area is 62.2 Å². The van der Waals surface area contributed by atoms with Crippen molar-refractivity contribution in [2.45, 2.75) is 25.1 Å². The Kier molecular flexibility index (Phi) is 1.94. The third kappa shape index (κ3) is 2.66. The van der Waals surface area contributed by atoms with Crippen LogP contribution in [0.5, 0.6) is 0 Å². The van der Waals surface area contributed by atoms with Crippen LogP contribution in [-0.4, -0.2) is 23.7 Å². The zero-order chi connectivity index (χ0) is 8.48. The number of halogens is 3. The summed E-state index contributed by atoms with van der Waals surface area (Å²) in [6.07, 6.45) is -1.29. The quantitative estimate of drug-likeness (QED) is 0.456. The van der Waals surface area contributed by atoms with Crippen LogP contribution < -0.4 is 0 Å². The summed E-state index contributed by atoms with van der Waals surface area (Å²) >= 11 is 0.